The highest BCUT2D eigenvalue weighted by Crippen LogP contribution is 2.27. The van der Waals surface area contributed by atoms with Crippen molar-refractivity contribution in [2.45, 2.75) is 20.4 Å². The van der Waals surface area contributed by atoms with Crippen molar-refractivity contribution in [1.82, 2.24) is 5.32 Å². The number of hydrogen-bond acceptors (Lipinski definition) is 5. The molecule has 0 bridgehead atoms. The summed E-state index contributed by atoms with van der Waals surface area (Å²) in [5, 5.41) is 2.82. The first-order chi connectivity index (χ1) is 16.2. The van der Waals surface area contributed by atoms with Gasteiger partial charge in [0.1, 0.15) is 6.61 Å². The second-order valence-electron chi connectivity index (χ2n) is 7.94. The Balaban J connectivity index is 1.61. The van der Waals surface area contributed by atoms with Gasteiger partial charge in [-0.3, -0.25) is 9.10 Å². The number of amides is 1. The lowest BCUT2D eigenvalue weighted by atomic mass is 10.1. The lowest BCUT2D eigenvalue weighted by Gasteiger charge is -2.25. The topological polar surface area (TPSA) is 84.9 Å². The van der Waals surface area contributed by atoms with Gasteiger partial charge in [-0.2, -0.15) is 0 Å². The number of methoxy groups -OCH3 is 1. The van der Waals surface area contributed by atoms with Crippen molar-refractivity contribution in [2.24, 2.45) is 0 Å². The first-order valence-electron chi connectivity index (χ1n) is 10.9. The molecule has 0 radical (unpaired) electrons. The number of anilines is 1. The van der Waals surface area contributed by atoms with Gasteiger partial charge in [0.25, 0.3) is 5.91 Å². The quantitative estimate of drug-likeness (QED) is 0.440. The average Bonchev–Trinajstić information content (AvgIpc) is 2.82. The third kappa shape index (κ3) is 6.29. The maximum absolute atomic E-state index is 12.5. The molecule has 0 unspecified atom stereocenters. The van der Waals surface area contributed by atoms with Crippen molar-refractivity contribution in [2.75, 3.05) is 30.8 Å². The molecule has 0 heterocycles. The van der Waals surface area contributed by atoms with Crippen LogP contribution in [0.2, 0.25) is 0 Å². The number of para-hydroxylation sites is 2. The van der Waals surface area contributed by atoms with Crippen LogP contribution in [0.3, 0.4) is 0 Å². The van der Waals surface area contributed by atoms with Crippen molar-refractivity contribution in [3.05, 3.63) is 89.0 Å². The predicted octanol–water partition coefficient (Wildman–Crippen LogP) is 4.09. The minimum atomic E-state index is -3.49. The van der Waals surface area contributed by atoms with Crippen LogP contribution in [-0.2, 0) is 16.6 Å². The second-order valence-corrected chi connectivity index (χ2v) is 9.85. The van der Waals surface area contributed by atoms with E-state index in [4.69, 9.17) is 9.47 Å². The van der Waals surface area contributed by atoms with Crippen LogP contribution in [0.25, 0.3) is 0 Å². The smallest absolute Gasteiger partial charge is 0.251 e. The Bertz CT molecular complexity index is 1240. The van der Waals surface area contributed by atoms with Crippen molar-refractivity contribution < 1.29 is 22.7 Å². The van der Waals surface area contributed by atoms with Crippen LogP contribution in [0.5, 0.6) is 11.5 Å². The molecule has 0 atom stereocenters. The Morgan fingerprint density at radius 2 is 1.62 bits per heavy atom. The molecule has 0 fully saturated rings. The first-order valence-corrected chi connectivity index (χ1v) is 12.7. The van der Waals surface area contributed by atoms with Crippen LogP contribution in [0, 0.1) is 13.8 Å². The third-order valence-corrected chi connectivity index (χ3v) is 6.63. The lowest BCUT2D eigenvalue weighted by molar-refractivity contribution is 0.0947. The van der Waals surface area contributed by atoms with Gasteiger partial charge < -0.3 is 14.8 Å². The molecular formula is C26H30N2O5S. The van der Waals surface area contributed by atoms with Crippen molar-refractivity contribution >= 4 is 21.6 Å². The molecule has 34 heavy (non-hydrogen) atoms. The molecule has 0 saturated heterocycles. The summed E-state index contributed by atoms with van der Waals surface area (Å²) in [5.74, 6) is 1.01. The summed E-state index contributed by atoms with van der Waals surface area (Å²) in [6.45, 7) is 4.66. The molecule has 0 saturated carbocycles. The van der Waals surface area contributed by atoms with Gasteiger partial charge in [-0.1, -0.05) is 36.4 Å². The molecule has 1 amide bonds. The average molecular weight is 483 g/mol. The lowest BCUT2D eigenvalue weighted by Crippen LogP contribution is -2.30. The number of nitrogens with one attached hydrogen (secondary N) is 1. The maximum atomic E-state index is 12.5. The molecule has 180 valence electrons. The van der Waals surface area contributed by atoms with E-state index >= 15 is 0 Å². The number of ether oxygens (including phenoxy) is 2. The van der Waals surface area contributed by atoms with E-state index in [1.54, 1.807) is 49.6 Å². The zero-order valence-corrected chi connectivity index (χ0v) is 20.7. The number of hydrogen-bond donors (Lipinski definition) is 1. The SMILES string of the molecule is COc1ccccc1OCCNC(=O)c1ccc(CN(c2cccc(C)c2C)S(C)(=O)=O)cc1. The molecule has 3 aromatic carbocycles. The number of nitrogens with zero attached hydrogens (tertiary/aromatic N) is 1. The number of rotatable bonds is 10. The Hall–Kier alpha value is -3.52. The standard InChI is InChI=1S/C26H30N2O5S/c1-19-8-7-9-23(20(19)2)28(34(4,30)31)18-21-12-14-22(15-13-21)26(29)27-16-17-33-25-11-6-5-10-24(25)32-3/h5-15H,16-18H2,1-4H3,(H,27,29). The fourth-order valence-corrected chi connectivity index (χ4v) is 4.42. The Kier molecular flexibility index (Phi) is 8.17. The summed E-state index contributed by atoms with van der Waals surface area (Å²) in [7, 11) is -1.92. The van der Waals surface area contributed by atoms with Gasteiger partial charge >= 0.3 is 0 Å². The zero-order valence-electron chi connectivity index (χ0n) is 19.9. The summed E-state index contributed by atoms with van der Waals surface area (Å²) < 4.78 is 37.3. The van der Waals surface area contributed by atoms with Crippen molar-refractivity contribution in [1.29, 1.82) is 0 Å². The largest absolute Gasteiger partial charge is 0.493 e. The van der Waals surface area contributed by atoms with Crippen molar-refractivity contribution in [3.8, 4) is 11.5 Å². The molecule has 0 aliphatic rings. The minimum absolute atomic E-state index is 0.178. The molecule has 1 N–H and O–H groups in total. The molecule has 0 aromatic heterocycles. The molecule has 0 aliphatic heterocycles. The van der Waals surface area contributed by atoms with Crippen LogP contribution in [0.1, 0.15) is 27.0 Å². The van der Waals surface area contributed by atoms with E-state index in [0.717, 1.165) is 16.7 Å². The fraction of sp³-hybridized carbons (Fsp3) is 0.269. The summed E-state index contributed by atoms with van der Waals surface area (Å²) in [5.41, 5.74) is 3.85. The van der Waals surface area contributed by atoms with Gasteiger partial charge in [0.15, 0.2) is 11.5 Å². The van der Waals surface area contributed by atoms with E-state index in [1.165, 1.54) is 10.6 Å². The highest BCUT2D eigenvalue weighted by atomic mass is 32.2. The Morgan fingerprint density at radius 1 is 0.941 bits per heavy atom. The predicted molar refractivity (Wildman–Crippen MR) is 134 cm³/mol. The number of sulfonamides is 1. The highest BCUT2D eigenvalue weighted by molar-refractivity contribution is 7.92. The van der Waals surface area contributed by atoms with Crippen molar-refractivity contribution in [3.63, 3.8) is 0 Å². The van der Waals surface area contributed by atoms with Gasteiger partial charge in [0.05, 0.1) is 32.1 Å². The number of carbonyl (C=O) groups is 1. The Labute approximate surface area is 201 Å². The van der Waals surface area contributed by atoms with Gasteiger partial charge in [-0.05, 0) is 60.9 Å². The van der Waals surface area contributed by atoms with Crippen LogP contribution < -0.4 is 19.1 Å². The van der Waals surface area contributed by atoms with Gasteiger partial charge in [-0.15, -0.1) is 0 Å². The summed E-state index contributed by atoms with van der Waals surface area (Å²) in [6.07, 6.45) is 1.20. The number of carbonyl (C=O) groups excluding carboxylic acids is 1. The van der Waals surface area contributed by atoms with Crippen LogP contribution in [-0.4, -0.2) is 40.8 Å². The minimum Gasteiger partial charge on any atom is -0.493 e. The molecular weight excluding hydrogens is 452 g/mol. The number of benzene rings is 3. The normalized spacial score (nSPS) is 11.1. The maximum Gasteiger partial charge on any atom is 0.251 e. The van der Waals surface area contributed by atoms with E-state index in [9.17, 15) is 13.2 Å². The van der Waals surface area contributed by atoms with Gasteiger partial charge in [-0.25, -0.2) is 8.42 Å². The zero-order chi connectivity index (χ0) is 24.7. The third-order valence-electron chi connectivity index (χ3n) is 5.50. The number of aryl methyl sites for hydroxylation is 1. The van der Waals surface area contributed by atoms with Gasteiger partial charge in [0, 0.05) is 5.56 Å². The first kappa shape index (κ1) is 25.1. The molecule has 8 heteroatoms. The summed E-state index contributed by atoms with van der Waals surface area (Å²) >= 11 is 0. The van der Waals surface area contributed by atoms with Crippen LogP contribution in [0.4, 0.5) is 5.69 Å². The monoisotopic (exact) mass is 482 g/mol. The molecule has 3 rings (SSSR count). The molecule has 0 aliphatic carbocycles. The second kappa shape index (κ2) is 11.1. The van der Waals surface area contributed by atoms with Crippen LogP contribution >= 0.6 is 0 Å². The van der Waals surface area contributed by atoms with Crippen LogP contribution in [0.15, 0.2) is 66.7 Å². The van der Waals surface area contributed by atoms with E-state index in [1.807, 2.05) is 38.1 Å². The molecule has 7 nitrogen and oxygen atoms in total. The highest BCUT2D eigenvalue weighted by Gasteiger charge is 2.20. The van der Waals surface area contributed by atoms with E-state index in [2.05, 4.69) is 5.32 Å². The molecule has 0 spiro atoms. The van der Waals surface area contributed by atoms with E-state index in [0.29, 0.717) is 35.9 Å². The summed E-state index contributed by atoms with van der Waals surface area (Å²) in [6, 6.07) is 19.8. The summed E-state index contributed by atoms with van der Waals surface area (Å²) in [4.78, 5) is 12.5. The fourth-order valence-electron chi connectivity index (χ4n) is 3.48. The van der Waals surface area contributed by atoms with E-state index < -0.39 is 10.0 Å². The van der Waals surface area contributed by atoms with Gasteiger partial charge in [0.2, 0.25) is 10.0 Å². The molecule has 3 aromatic rings. The van der Waals surface area contributed by atoms with E-state index in [-0.39, 0.29) is 12.5 Å². The Morgan fingerprint density at radius 3 is 2.26 bits per heavy atom.